The number of rotatable bonds is 5. The summed E-state index contributed by atoms with van der Waals surface area (Å²) in [6.45, 7) is 3.65. The third-order valence-electron chi connectivity index (χ3n) is 4.41. The monoisotopic (exact) mass is 386 g/mol. The molecule has 0 aliphatic rings. The molecule has 1 aromatic heterocycles. The van der Waals surface area contributed by atoms with Crippen LogP contribution in [0.1, 0.15) is 27.2 Å². The third-order valence-corrected chi connectivity index (χ3v) is 4.41. The van der Waals surface area contributed by atoms with Gasteiger partial charge in [0.05, 0.1) is 5.56 Å². The average Bonchev–Trinajstić information content (AvgIpc) is 3.16. The molecule has 0 unspecified atom stereocenters. The molecule has 29 heavy (non-hydrogen) atoms. The van der Waals surface area contributed by atoms with E-state index in [0.29, 0.717) is 17.2 Å². The molecule has 6 heteroatoms. The highest BCUT2D eigenvalue weighted by atomic mass is 16.4. The Kier molecular flexibility index (Phi) is 5.61. The van der Waals surface area contributed by atoms with Gasteiger partial charge >= 0.3 is 5.97 Å². The first kappa shape index (κ1) is 19.6. The number of nitrogens with zero attached hydrogens (tertiary/aromatic N) is 1. The van der Waals surface area contributed by atoms with Crippen LogP contribution in [0, 0.1) is 25.2 Å². The normalized spacial score (nSPS) is 11.0. The number of nitriles is 1. The van der Waals surface area contributed by atoms with Gasteiger partial charge in [-0.25, -0.2) is 4.79 Å². The summed E-state index contributed by atoms with van der Waals surface area (Å²) in [5.41, 5.74) is 3.10. The molecule has 2 N–H and O–H groups in total. The lowest BCUT2D eigenvalue weighted by molar-refractivity contribution is -0.112. The van der Waals surface area contributed by atoms with Crippen LogP contribution < -0.4 is 5.32 Å². The van der Waals surface area contributed by atoms with Crippen LogP contribution in [0.5, 0.6) is 0 Å². The zero-order chi connectivity index (χ0) is 21.0. The Labute approximate surface area is 167 Å². The number of carbonyl (C=O) groups is 2. The summed E-state index contributed by atoms with van der Waals surface area (Å²) in [5, 5.41) is 21.2. The van der Waals surface area contributed by atoms with Crippen molar-refractivity contribution in [1.29, 1.82) is 5.26 Å². The van der Waals surface area contributed by atoms with Crippen molar-refractivity contribution >= 4 is 23.6 Å². The first-order chi connectivity index (χ1) is 13.9. The second-order valence-electron chi connectivity index (χ2n) is 6.48. The SMILES string of the molecule is Cc1ccccc1NC(=O)/C(C#N)=C/c1ccc(-c2ccc(C(=O)O)cc2C)o1. The molecule has 0 saturated heterocycles. The lowest BCUT2D eigenvalue weighted by Crippen LogP contribution is -2.14. The van der Waals surface area contributed by atoms with Crippen molar-refractivity contribution in [3.63, 3.8) is 0 Å². The number of furan rings is 1. The highest BCUT2D eigenvalue weighted by Crippen LogP contribution is 2.27. The summed E-state index contributed by atoms with van der Waals surface area (Å²) in [5.74, 6) is -0.664. The molecule has 0 radical (unpaired) electrons. The van der Waals surface area contributed by atoms with Crippen molar-refractivity contribution in [1.82, 2.24) is 0 Å². The molecule has 3 rings (SSSR count). The van der Waals surface area contributed by atoms with Gasteiger partial charge in [0.25, 0.3) is 5.91 Å². The second-order valence-corrected chi connectivity index (χ2v) is 6.48. The van der Waals surface area contributed by atoms with Gasteiger partial charge in [-0.2, -0.15) is 5.26 Å². The van der Waals surface area contributed by atoms with E-state index in [0.717, 1.165) is 16.7 Å². The van der Waals surface area contributed by atoms with E-state index in [9.17, 15) is 14.9 Å². The molecule has 0 spiro atoms. The van der Waals surface area contributed by atoms with Crippen molar-refractivity contribution < 1.29 is 19.1 Å². The van der Waals surface area contributed by atoms with E-state index >= 15 is 0 Å². The molecule has 3 aromatic rings. The minimum absolute atomic E-state index is 0.0906. The fourth-order valence-corrected chi connectivity index (χ4v) is 2.84. The lowest BCUT2D eigenvalue weighted by atomic mass is 10.0. The Hall–Kier alpha value is -4.11. The third kappa shape index (κ3) is 4.42. The maximum Gasteiger partial charge on any atom is 0.335 e. The Morgan fingerprint density at radius 2 is 1.83 bits per heavy atom. The summed E-state index contributed by atoms with van der Waals surface area (Å²) in [7, 11) is 0. The number of nitrogens with one attached hydrogen (secondary N) is 1. The van der Waals surface area contributed by atoms with Crippen molar-refractivity contribution in [2.24, 2.45) is 0 Å². The summed E-state index contributed by atoms with van der Waals surface area (Å²) >= 11 is 0. The van der Waals surface area contributed by atoms with Gasteiger partial charge in [-0.05, 0) is 55.3 Å². The van der Waals surface area contributed by atoms with Gasteiger partial charge in [0, 0.05) is 17.3 Å². The minimum Gasteiger partial charge on any atom is -0.478 e. The molecule has 2 aromatic carbocycles. The number of hydrogen-bond acceptors (Lipinski definition) is 4. The molecule has 1 amide bonds. The van der Waals surface area contributed by atoms with E-state index in [2.05, 4.69) is 5.32 Å². The number of amides is 1. The Morgan fingerprint density at radius 1 is 1.07 bits per heavy atom. The number of aromatic carboxylic acids is 1. The van der Waals surface area contributed by atoms with Gasteiger partial charge in [-0.15, -0.1) is 0 Å². The zero-order valence-electron chi connectivity index (χ0n) is 15.9. The molecule has 0 saturated carbocycles. The van der Waals surface area contributed by atoms with E-state index in [1.807, 2.05) is 25.1 Å². The van der Waals surface area contributed by atoms with E-state index in [-0.39, 0.29) is 11.1 Å². The maximum absolute atomic E-state index is 12.4. The van der Waals surface area contributed by atoms with Gasteiger partial charge in [0.15, 0.2) is 0 Å². The highest BCUT2D eigenvalue weighted by Gasteiger charge is 2.14. The maximum atomic E-state index is 12.4. The topological polar surface area (TPSA) is 103 Å². The number of carboxylic acids is 1. The summed E-state index contributed by atoms with van der Waals surface area (Å²) < 4.78 is 5.75. The summed E-state index contributed by atoms with van der Waals surface area (Å²) in [4.78, 5) is 23.5. The minimum atomic E-state index is -0.999. The molecule has 144 valence electrons. The standard InChI is InChI=1S/C23H18N2O4/c1-14-5-3-4-6-20(14)25-22(26)17(13-24)12-18-8-10-21(29-18)19-9-7-16(23(27)28)11-15(19)2/h3-12H,1-2H3,(H,25,26)(H,27,28)/b17-12+. The largest absolute Gasteiger partial charge is 0.478 e. The van der Waals surface area contributed by atoms with Gasteiger partial charge < -0.3 is 14.8 Å². The predicted molar refractivity (Wildman–Crippen MR) is 109 cm³/mol. The second kappa shape index (κ2) is 8.28. The number of carboxylic acid groups (broad SMARTS) is 1. The lowest BCUT2D eigenvalue weighted by Gasteiger charge is -2.07. The molecule has 0 fully saturated rings. The molecule has 0 aliphatic heterocycles. The number of hydrogen-bond donors (Lipinski definition) is 2. The Balaban J connectivity index is 1.84. The summed E-state index contributed by atoms with van der Waals surface area (Å²) in [6.07, 6.45) is 1.37. The number of benzene rings is 2. The van der Waals surface area contributed by atoms with Gasteiger partial charge in [-0.1, -0.05) is 24.3 Å². The molecule has 0 atom stereocenters. The molecule has 1 heterocycles. The number of para-hydroxylation sites is 1. The van der Waals surface area contributed by atoms with E-state index in [1.165, 1.54) is 12.1 Å². The van der Waals surface area contributed by atoms with Gasteiger partial charge in [0.1, 0.15) is 23.2 Å². The van der Waals surface area contributed by atoms with E-state index < -0.39 is 11.9 Å². The van der Waals surface area contributed by atoms with Crippen molar-refractivity contribution in [3.8, 4) is 17.4 Å². The number of aryl methyl sites for hydroxylation is 2. The first-order valence-corrected chi connectivity index (χ1v) is 8.82. The predicted octanol–water partition coefficient (Wildman–Crippen LogP) is 4.81. The fraction of sp³-hybridized carbons (Fsp3) is 0.0870. The van der Waals surface area contributed by atoms with E-state index in [4.69, 9.17) is 9.52 Å². The van der Waals surface area contributed by atoms with Crippen molar-refractivity contribution in [3.05, 3.63) is 82.6 Å². The number of carbonyl (C=O) groups excluding carboxylic acids is 1. The van der Waals surface area contributed by atoms with Crippen LogP contribution in [-0.4, -0.2) is 17.0 Å². The van der Waals surface area contributed by atoms with Crippen LogP contribution in [0.4, 0.5) is 5.69 Å². The van der Waals surface area contributed by atoms with Gasteiger partial charge in [0.2, 0.25) is 0 Å². The van der Waals surface area contributed by atoms with Crippen LogP contribution >= 0.6 is 0 Å². The highest BCUT2D eigenvalue weighted by molar-refractivity contribution is 6.09. The van der Waals surface area contributed by atoms with Crippen LogP contribution in [0.3, 0.4) is 0 Å². The molecule has 0 aliphatic carbocycles. The number of anilines is 1. The Morgan fingerprint density at radius 3 is 2.48 bits per heavy atom. The van der Waals surface area contributed by atoms with Gasteiger partial charge in [-0.3, -0.25) is 4.79 Å². The quantitative estimate of drug-likeness (QED) is 0.484. The summed E-state index contributed by atoms with van der Waals surface area (Å²) in [6, 6.07) is 17.3. The van der Waals surface area contributed by atoms with Crippen molar-refractivity contribution in [2.45, 2.75) is 13.8 Å². The first-order valence-electron chi connectivity index (χ1n) is 8.82. The van der Waals surface area contributed by atoms with Crippen LogP contribution in [0.25, 0.3) is 17.4 Å². The molecular weight excluding hydrogens is 368 g/mol. The zero-order valence-corrected chi connectivity index (χ0v) is 15.9. The van der Waals surface area contributed by atoms with Crippen molar-refractivity contribution in [2.75, 3.05) is 5.32 Å². The fourth-order valence-electron chi connectivity index (χ4n) is 2.84. The molecule has 0 bridgehead atoms. The smallest absolute Gasteiger partial charge is 0.335 e. The Bertz CT molecular complexity index is 1170. The van der Waals surface area contributed by atoms with E-state index in [1.54, 1.807) is 43.3 Å². The van der Waals surface area contributed by atoms with Crippen LogP contribution in [0.15, 0.2) is 64.6 Å². The van der Waals surface area contributed by atoms with Crippen LogP contribution in [-0.2, 0) is 4.79 Å². The van der Waals surface area contributed by atoms with Crippen LogP contribution in [0.2, 0.25) is 0 Å². The molecule has 6 nitrogen and oxygen atoms in total. The molecular formula is C23H18N2O4. The average molecular weight is 386 g/mol.